The molecule has 12 aromatic rings. The molecule has 0 unspecified atom stereocenters. The fourth-order valence-electron chi connectivity index (χ4n) is 8.70. The van der Waals surface area contributed by atoms with Crippen molar-refractivity contribution in [1.82, 2.24) is 19.5 Å². The number of hydrogen-bond acceptors (Lipinski definition) is 4. The molecule has 0 fully saturated rings. The van der Waals surface area contributed by atoms with Crippen LogP contribution in [0.5, 0.6) is 0 Å². The lowest BCUT2D eigenvalue weighted by Crippen LogP contribution is -2.04. The molecule has 0 aliphatic carbocycles. The van der Waals surface area contributed by atoms with Crippen molar-refractivity contribution in [2.45, 2.75) is 0 Å². The first kappa shape index (κ1) is 32.7. The molecule has 0 saturated carbocycles. The van der Waals surface area contributed by atoms with Crippen LogP contribution in [0.4, 0.5) is 0 Å². The summed E-state index contributed by atoms with van der Waals surface area (Å²) in [5.74, 6) is 1.91. The van der Waals surface area contributed by atoms with Crippen LogP contribution in [0.15, 0.2) is 194 Å². The number of nitrogens with zero attached hydrogens (tertiary/aromatic N) is 4. The second kappa shape index (κ2) is 13.1. The number of fused-ring (bicyclic) bond motifs is 8. The zero-order valence-corrected chi connectivity index (χ0v) is 32.0. The molecule has 0 saturated heterocycles. The fourth-order valence-corrected chi connectivity index (χ4v) is 9.91. The maximum Gasteiger partial charge on any atom is 0.166 e. The highest BCUT2D eigenvalue weighted by atomic mass is 32.1. The lowest BCUT2D eigenvalue weighted by Gasteiger charge is -2.17. The normalized spacial score (nSPS) is 11.8. The Morgan fingerprint density at radius 1 is 0.362 bits per heavy atom. The van der Waals surface area contributed by atoms with Crippen LogP contribution in [-0.2, 0) is 0 Å². The molecule has 0 atom stereocenters. The van der Waals surface area contributed by atoms with Gasteiger partial charge in [0.25, 0.3) is 0 Å². The summed E-state index contributed by atoms with van der Waals surface area (Å²) in [7, 11) is 0. The molecular weight excluding hydrogens is 725 g/mol. The van der Waals surface area contributed by atoms with Crippen molar-refractivity contribution < 1.29 is 0 Å². The molecule has 0 N–H and O–H groups in total. The summed E-state index contributed by atoms with van der Waals surface area (Å²) >= 11 is 1.79. The van der Waals surface area contributed by atoms with Crippen molar-refractivity contribution in [3.63, 3.8) is 0 Å². The summed E-state index contributed by atoms with van der Waals surface area (Å²) in [5.41, 5.74) is 8.48. The maximum atomic E-state index is 5.49. The van der Waals surface area contributed by atoms with Gasteiger partial charge in [0.05, 0.1) is 22.3 Å². The molecule has 4 nitrogen and oxygen atoms in total. The number of rotatable bonds is 5. The Morgan fingerprint density at radius 2 is 0.983 bits per heavy atom. The van der Waals surface area contributed by atoms with Crippen LogP contribution in [0.3, 0.4) is 0 Å². The summed E-state index contributed by atoms with van der Waals surface area (Å²) in [4.78, 5) is 16.2. The third-order valence-electron chi connectivity index (χ3n) is 11.4. The average Bonchev–Trinajstić information content (AvgIpc) is 3.83. The standard InChI is InChI=1S/C53H32N4S/c1-2-13-33(14-3-1)34-25-27-36(28-26-34)51-54-52(43-22-12-21-42-41-20-9-11-24-48(41)58-50(42)43)56-53(55-51)49-39-18-7-6-15-35(39)29-30-46(49)57-45-23-10-8-19-40(45)44-31-37-16-4-5-17-38(37)32-47(44)57/h1-32H. The fraction of sp³-hybridized carbons (Fsp3) is 0. The molecule has 9 aromatic carbocycles. The molecular formula is C53H32N4S. The minimum atomic E-state index is 0.628. The average molecular weight is 757 g/mol. The Bertz CT molecular complexity index is 3560. The van der Waals surface area contributed by atoms with Crippen molar-refractivity contribution in [2.24, 2.45) is 0 Å². The molecule has 0 aliphatic heterocycles. The molecule has 0 amide bonds. The van der Waals surface area contributed by atoms with Gasteiger partial charge in [-0.1, -0.05) is 158 Å². The molecule has 58 heavy (non-hydrogen) atoms. The van der Waals surface area contributed by atoms with Crippen LogP contribution < -0.4 is 0 Å². The molecule has 3 aromatic heterocycles. The van der Waals surface area contributed by atoms with E-state index in [9.17, 15) is 0 Å². The summed E-state index contributed by atoms with van der Waals surface area (Å²) in [6.07, 6.45) is 0. The highest BCUT2D eigenvalue weighted by molar-refractivity contribution is 7.26. The molecule has 5 heteroatoms. The summed E-state index contributed by atoms with van der Waals surface area (Å²) < 4.78 is 4.81. The predicted octanol–water partition coefficient (Wildman–Crippen LogP) is 14.3. The van der Waals surface area contributed by atoms with Gasteiger partial charge in [-0.2, -0.15) is 0 Å². The van der Waals surface area contributed by atoms with E-state index in [4.69, 9.17) is 15.0 Å². The third kappa shape index (κ3) is 5.18. The van der Waals surface area contributed by atoms with Crippen molar-refractivity contribution in [1.29, 1.82) is 0 Å². The van der Waals surface area contributed by atoms with Crippen molar-refractivity contribution >= 4 is 74.9 Å². The minimum Gasteiger partial charge on any atom is -0.308 e. The number of benzene rings is 9. The Morgan fingerprint density at radius 3 is 1.83 bits per heavy atom. The van der Waals surface area contributed by atoms with Gasteiger partial charge in [-0.3, -0.25) is 0 Å². The molecule has 0 bridgehead atoms. The second-order valence-corrected chi connectivity index (χ2v) is 15.8. The largest absolute Gasteiger partial charge is 0.308 e. The van der Waals surface area contributed by atoms with Crippen LogP contribution in [0.1, 0.15) is 0 Å². The predicted molar refractivity (Wildman–Crippen MR) is 244 cm³/mol. The van der Waals surface area contributed by atoms with Crippen molar-refractivity contribution in [2.75, 3.05) is 0 Å². The van der Waals surface area contributed by atoms with Gasteiger partial charge in [0.15, 0.2) is 17.5 Å². The molecule has 270 valence electrons. The topological polar surface area (TPSA) is 43.6 Å². The number of para-hydroxylation sites is 1. The summed E-state index contributed by atoms with van der Waals surface area (Å²) in [5, 5.41) is 9.47. The number of thiophene rings is 1. The molecule has 0 spiro atoms. The first-order valence-electron chi connectivity index (χ1n) is 19.5. The summed E-state index contributed by atoms with van der Waals surface area (Å²) in [6.45, 7) is 0. The van der Waals surface area contributed by atoms with E-state index in [2.05, 4.69) is 193 Å². The Labute approximate surface area is 338 Å². The highest BCUT2D eigenvalue weighted by Gasteiger charge is 2.23. The van der Waals surface area contributed by atoms with Gasteiger partial charge < -0.3 is 4.57 Å². The molecule has 3 heterocycles. The number of hydrogen-bond donors (Lipinski definition) is 0. The maximum absolute atomic E-state index is 5.49. The monoisotopic (exact) mass is 756 g/mol. The third-order valence-corrected chi connectivity index (χ3v) is 12.7. The van der Waals surface area contributed by atoms with Gasteiger partial charge >= 0.3 is 0 Å². The van der Waals surface area contributed by atoms with E-state index in [0.717, 1.165) is 49.7 Å². The lowest BCUT2D eigenvalue weighted by atomic mass is 10.0. The van der Waals surface area contributed by atoms with Crippen LogP contribution in [0.25, 0.3) is 115 Å². The van der Waals surface area contributed by atoms with Crippen LogP contribution in [0.2, 0.25) is 0 Å². The van der Waals surface area contributed by atoms with E-state index in [1.165, 1.54) is 47.3 Å². The minimum absolute atomic E-state index is 0.628. The SMILES string of the molecule is c1ccc(-c2ccc(-c3nc(-c4c(-n5c6ccccc6c6cc7ccccc7cc65)ccc5ccccc45)nc(-c4cccc5c4sc4ccccc45)n3)cc2)cc1. The highest BCUT2D eigenvalue weighted by Crippen LogP contribution is 2.43. The van der Waals surface area contributed by atoms with E-state index >= 15 is 0 Å². The van der Waals surface area contributed by atoms with E-state index in [1.54, 1.807) is 11.3 Å². The first-order valence-corrected chi connectivity index (χ1v) is 20.3. The van der Waals surface area contributed by atoms with E-state index < -0.39 is 0 Å². The van der Waals surface area contributed by atoms with E-state index in [1.807, 2.05) is 6.07 Å². The van der Waals surface area contributed by atoms with Gasteiger partial charge in [0, 0.05) is 42.1 Å². The van der Waals surface area contributed by atoms with Crippen molar-refractivity contribution in [3.8, 4) is 51.0 Å². The van der Waals surface area contributed by atoms with E-state index in [0.29, 0.717) is 17.5 Å². The second-order valence-electron chi connectivity index (χ2n) is 14.8. The van der Waals surface area contributed by atoms with Crippen LogP contribution in [-0.4, -0.2) is 19.5 Å². The Balaban J connectivity index is 1.17. The van der Waals surface area contributed by atoms with Crippen LogP contribution in [0, 0.1) is 0 Å². The molecule has 0 aliphatic rings. The molecule has 12 rings (SSSR count). The Kier molecular flexibility index (Phi) is 7.37. The van der Waals surface area contributed by atoms with Gasteiger partial charge in [-0.15, -0.1) is 11.3 Å². The molecule has 0 radical (unpaired) electrons. The van der Waals surface area contributed by atoms with Crippen molar-refractivity contribution in [3.05, 3.63) is 194 Å². The smallest absolute Gasteiger partial charge is 0.166 e. The van der Waals surface area contributed by atoms with Gasteiger partial charge in [0.2, 0.25) is 0 Å². The lowest BCUT2D eigenvalue weighted by molar-refractivity contribution is 1.07. The quantitative estimate of drug-likeness (QED) is 0.176. The van der Waals surface area contributed by atoms with Gasteiger partial charge in [-0.25, -0.2) is 15.0 Å². The zero-order valence-electron chi connectivity index (χ0n) is 31.2. The van der Waals surface area contributed by atoms with Gasteiger partial charge in [-0.05, 0) is 69.1 Å². The van der Waals surface area contributed by atoms with Gasteiger partial charge in [0.1, 0.15) is 0 Å². The Hall–Kier alpha value is -7.47. The van der Waals surface area contributed by atoms with E-state index in [-0.39, 0.29) is 0 Å². The number of aromatic nitrogens is 4. The zero-order chi connectivity index (χ0) is 38.2. The van der Waals surface area contributed by atoms with Crippen LogP contribution >= 0.6 is 11.3 Å². The first-order chi connectivity index (χ1) is 28.7. The summed E-state index contributed by atoms with van der Waals surface area (Å²) in [6, 6.07) is 69.2.